The summed E-state index contributed by atoms with van der Waals surface area (Å²) < 4.78 is 6.09. The van der Waals surface area contributed by atoms with E-state index < -0.39 is 0 Å². The average Bonchev–Trinajstić information content (AvgIpc) is 2.23. The molecule has 0 saturated carbocycles. The van der Waals surface area contributed by atoms with Crippen molar-refractivity contribution in [3.63, 3.8) is 0 Å². The maximum absolute atomic E-state index is 5.78. The molecule has 0 fully saturated rings. The molecule has 3 heteroatoms. The monoisotopic (exact) mass is 251 g/mol. The molecule has 0 unspecified atom stereocenters. The molecule has 2 rings (SSSR count). The molecular weight excluding hydrogens is 242 g/mol. The molecular formula is C11H10BrNO. The van der Waals surface area contributed by atoms with Gasteiger partial charge in [0.2, 0.25) is 0 Å². The number of nitrogens with two attached hydrogens (primary N) is 1. The molecule has 0 aliphatic heterocycles. The van der Waals surface area contributed by atoms with E-state index in [0.29, 0.717) is 0 Å². The number of halogens is 1. The molecule has 0 heterocycles. The van der Waals surface area contributed by atoms with E-state index in [1.165, 1.54) is 0 Å². The summed E-state index contributed by atoms with van der Waals surface area (Å²) in [6, 6.07) is 9.77. The first-order valence-corrected chi connectivity index (χ1v) is 5.03. The standard InChI is InChI=1S/C11H10BrNO/c1-14-8-3-4-9-7(6-8)2-5-10(13)11(9)12/h2-6H,13H2,1H3. The number of fused-ring (bicyclic) bond motifs is 1. The Kier molecular flexibility index (Phi) is 2.33. The van der Waals surface area contributed by atoms with Gasteiger partial charge in [-0.25, -0.2) is 0 Å². The maximum Gasteiger partial charge on any atom is 0.119 e. The number of hydrogen-bond acceptors (Lipinski definition) is 2. The van der Waals surface area contributed by atoms with E-state index in [2.05, 4.69) is 15.9 Å². The van der Waals surface area contributed by atoms with E-state index in [1.807, 2.05) is 30.3 Å². The molecule has 0 aliphatic carbocycles. The normalized spacial score (nSPS) is 10.4. The van der Waals surface area contributed by atoms with Gasteiger partial charge in [-0.1, -0.05) is 6.07 Å². The molecule has 2 N–H and O–H groups in total. The highest BCUT2D eigenvalue weighted by atomic mass is 79.9. The Morgan fingerprint density at radius 3 is 2.71 bits per heavy atom. The number of nitrogen functional groups attached to an aromatic ring is 1. The van der Waals surface area contributed by atoms with Gasteiger partial charge in [-0.05, 0) is 51.0 Å². The summed E-state index contributed by atoms with van der Waals surface area (Å²) in [5.41, 5.74) is 6.53. The van der Waals surface area contributed by atoms with Crippen LogP contribution in [0.5, 0.6) is 5.75 Å². The number of ether oxygens (including phenoxy) is 1. The van der Waals surface area contributed by atoms with E-state index in [4.69, 9.17) is 10.5 Å². The molecule has 0 spiro atoms. The Bertz CT molecular complexity index is 482. The largest absolute Gasteiger partial charge is 0.497 e. The Hall–Kier alpha value is -1.22. The molecule has 0 amide bonds. The molecule has 0 bridgehead atoms. The topological polar surface area (TPSA) is 35.2 Å². The third-order valence-corrected chi connectivity index (χ3v) is 3.08. The Morgan fingerprint density at radius 1 is 1.21 bits per heavy atom. The van der Waals surface area contributed by atoms with Crippen LogP contribution in [0.25, 0.3) is 10.8 Å². The number of benzene rings is 2. The van der Waals surface area contributed by atoms with E-state index in [1.54, 1.807) is 7.11 Å². The molecule has 0 saturated heterocycles. The van der Waals surface area contributed by atoms with E-state index in [0.717, 1.165) is 26.7 Å². The lowest BCUT2D eigenvalue weighted by atomic mass is 10.1. The van der Waals surface area contributed by atoms with E-state index >= 15 is 0 Å². The average molecular weight is 252 g/mol. The lowest BCUT2D eigenvalue weighted by Crippen LogP contribution is -1.88. The van der Waals surface area contributed by atoms with Gasteiger partial charge in [0, 0.05) is 10.2 Å². The summed E-state index contributed by atoms with van der Waals surface area (Å²) in [7, 11) is 1.66. The van der Waals surface area contributed by atoms with Crippen molar-refractivity contribution in [1.29, 1.82) is 0 Å². The van der Waals surface area contributed by atoms with Gasteiger partial charge in [0.25, 0.3) is 0 Å². The van der Waals surface area contributed by atoms with Crippen LogP contribution in [0.2, 0.25) is 0 Å². The second-order valence-electron chi connectivity index (χ2n) is 3.06. The summed E-state index contributed by atoms with van der Waals surface area (Å²) >= 11 is 3.46. The molecule has 0 aliphatic rings. The van der Waals surface area contributed by atoms with Crippen molar-refractivity contribution in [2.45, 2.75) is 0 Å². The minimum Gasteiger partial charge on any atom is -0.497 e. The molecule has 2 aromatic carbocycles. The third kappa shape index (κ3) is 1.44. The van der Waals surface area contributed by atoms with E-state index in [9.17, 15) is 0 Å². The van der Waals surface area contributed by atoms with Gasteiger partial charge in [-0.15, -0.1) is 0 Å². The first-order chi connectivity index (χ1) is 6.72. The first-order valence-electron chi connectivity index (χ1n) is 4.24. The first kappa shape index (κ1) is 9.34. The number of hydrogen-bond donors (Lipinski definition) is 1. The fourth-order valence-corrected chi connectivity index (χ4v) is 1.91. The van der Waals surface area contributed by atoms with Crippen LogP contribution in [0.15, 0.2) is 34.8 Å². The zero-order valence-corrected chi connectivity index (χ0v) is 9.34. The molecule has 0 atom stereocenters. The van der Waals surface area contributed by atoms with Crippen molar-refractivity contribution < 1.29 is 4.74 Å². The number of anilines is 1. The lowest BCUT2D eigenvalue weighted by molar-refractivity contribution is 0.415. The molecule has 0 radical (unpaired) electrons. The van der Waals surface area contributed by atoms with Crippen molar-refractivity contribution in [1.82, 2.24) is 0 Å². The van der Waals surface area contributed by atoms with Crippen LogP contribution in [-0.2, 0) is 0 Å². The van der Waals surface area contributed by atoms with Gasteiger partial charge in [0.15, 0.2) is 0 Å². The fraction of sp³-hybridized carbons (Fsp3) is 0.0909. The molecule has 72 valence electrons. The Labute approximate surface area is 90.8 Å². The van der Waals surface area contributed by atoms with Crippen LogP contribution in [0.4, 0.5) is 5.69 Å². The maximum atomic E-state index is 5.78. The van der Waals surface area contributed by atoms with Gasteiger partial charge in [-0.3, -0.25) is 0 Å². The summed E-state index contributed by atoms with van der Waals surface area (Å²) in [6.07, 6.45) is 0. The van der Waals surface area contributed by atoms with Crippen molar-refractivity contribution in [2.75, 3.05) is 12.8 Å². The minimum absolute atomic E-state index is 0.752. The van der Waals surface area contributed by atoms with Gasteiger partial charge < -0.3 is 10.5 Å². The van der Waals surface area contributed by atoms with Gasteiger partial charge in [0.05, 0.1) is 7.11 Å². The highest BCUT2D eigenvalue weighted by Gasteiger charge is 2.02. The molecule has 0 aromatic heterocycles. The van der Waals surface area contributed by atoms with Crippen molar-refractivity contribution in [2.24, 2.45) is 0 Å². The van der Waals surface area contributed by atoms with Crippen LogP contribution in [-0.4, -0.2) is 7.11 Å². The van der Waals surface area contributed by atoms with Crippen LogP contribution in [0.3, 0.4) is 0 Å². The van der Waals surface area contributed by atoms with E-state index in [-0.39, 0.29) is 0 Å². The van der Waals surface area contributed by atoms with Crippen molar-refractivity contribution in [3.05, 3.63) is 34.8 Å². The Balaban J connectivity index is 2.74. The zero-order chi connectivity index (χ0) is 10.1. The van der Waals surface area contributed by atoms with Crippen LogP contribution >= 0.6 is 15.9 Å². The summed E-state index contributed by atoms with van der Waals surface area (Å²) in [4.78, 5) is 0. The molecule has 14 heavy (non-hydrogen) atoms. The van der Waals surface area contributed by atoms with Crippen LogP contribution in [0, 0.1) is 0 Å². The highest BCUT2D eigenvalue weighted by Crippen LogP contribution is 2.31. The Morgan fingerprint density at radius 2 is 2.00 bits per heavy atom. The number of methoxy groups -OCH3 is 1. The van der Waals surface area contributed by atoms with Crippen LogP contribution < -0.4 is 10.5 Å². The predicted molar refractivity (Wildman–Crippen MR) is 62.6 cm³/mol. The molecule has 2 nitrogen and oxygen atoms in total. The SMILES string of the molecule is COc1ccc2c(Br)c(N)ccc2c1. The van der Waals surface area contributed by atoms with Gasteiger partial charge >= 0.3 is 0 Å². The third-order valence-electron chi connectivity index (χ3n) is 2.19. The smallest absolute Gasteiger partial charge is 0.119 e. The summed E-state index contributed by atoms with van der Waals surface area (Å²) in [5.74, 6) is 0.856. The second-order valence-corrected chi connectivity index (χ2v) is 3.85. The summed E-state index contributed by atoms with van der Waals surface area (Å²) in [5, 5.41) is 2.22. The summed E-state index contributed by atoms with van der Waals surface area (Å²) in [6.45, 7) is 0. The predicted octanol–water partition coefficient (Wildman–Crippen LogP) is 3.19. The minimum atomic E-state index is 0.752. The fourth-order valence-electron chi connectivity index (χ4n) is 1.41. The van der Waals surface area contributed by atoms with Gasteiger partial charge in [-0.2, -0.15) is 0 Å². The zero-order valence-electron chi connectivity index (χ0n) is 7.75. The van der Waals surface area contributed by atoms with Crippen LogP contribution in [0.1, 0.15) is 0 Å². The van der Waals surface area contributed by atoms with Crippen molar-refractivity contribution >= 4 is 32.4 Å². The number of rotatable bonds is 1. The quantitative estimate of drug-likeness (QED) is 0.791. The lowest BCUT2D eigenvalue weighted by Gasteiger charge is -2.05. The van der Waals surface area contributed by atoms with Gasteiger partial charge in [0.1, 0.15) is 5.75 Å². The second kappa shape index (κ2) is 3.50. The highest BCUT2D eigenvalue weighted by molar-refractivity contribution is 9.10. The van der Waals surface area contributed by atoms with Crippen molar-refractivity contribution in [3.8, 4) is 5.75 Å². The molecule has 2 aromatic rings.